The Morgan fingerprint density at radius 3 is 3.07 bits per heavy atom. The largest absolute Gasteiger partial charge is 0.382 e. The molecule has 0 saturated heterocycles. The molecule has 1 rings (SSSR count). The second-order valence-electron chi connectivity index (χ2n) is 3.20. The second-order valence-corrected chi connectivity index (χ2v) is 3.20. The zero-order valence-electron chi connectivity index (χ0n) is 8.93. The van der Waals surface area contributed by atoms with E-state index in [1.165, 1.54) is 0 Å². The lowest BCUT2D eigenvalue weighted by atomic mass is 10.2. The highest BCUT2D eigenvalue weighted by Gasteiger charge is 2.05. The number of nitrogens with zero attached hydrogens (tertiary/aromatic N) is 2. The van der Waals surface area contributed by atoms with Gasteiger partial charge in [-0.2, -0.15) is 5.26 Å². The van der Waals surface area contributed by atoms with E-state index >= 15 is 0 Å². The van der Waals surface area contributed by atoms with E-state index in [1.54, 1.807) is 19.4 Å². The smallest absolute Gasteiger partial charge is 0.145 e. The highest BCUT2D eigenvalue weighted by Crippen LogP contribution is 2.07. The summed E-state index contributed by atoms with van der Waals surface area (Å²) in [6.45, 7) is 2.86. The molecule has 0 saturated carbocycles. The van der Waals surface area contributed by atoms with Crippen LogP contribution in [0.1, 0.15) is 18.2 Å². The Bertz CT molecular complexity index is 347. The summed E-state index contributed by atoms with van der Waals surface area (Å²) in [5, 5.41) is 8.79. The minimum absolute atomic E-state index is 0.0155. The summed E-state index contributed by atoms with van der Waals surface area (Å²) in [7, 11) is 1.63. The van der Waals surface area contributed by atoms with E-state index in [4.69, 9.17) is 14.7 Å². The first-order valence-corrected chi connectivity index (χ1v) is 4.72. The molecule has 1 heterocycles. The van der Waals surface area contributed by atoms with E-state index in [1.807, 2.05) is 19.1 Å². The van der Waals surface area contributed by atoms with Crippen LogP contribution in [0, 0.1) is 11.3 Å². The molecule has 0 aliphatic heterocycles. The third kappa shape index (κ3) is 3.66. The average molecular weight is 206 g/mol. The predicted octanol–water partition coefficient (Wildman–Crippen LogP) is 1.50. The van der Waals surface area contributed by atoms with E-state index in [2.05, 4.69) is 4.98 Å². The number of aromatic nitrogens is 1. The number of pyridine rings is 1. The third-order valence-electron chi connectivity index (χ3n) is 1.92. The number of hydrogen-bond acceptors (Lipinski definition) is 4. The van der Waals surface area contributed by atoms with Crippen molar-refractivity contribution in [3.8, 4) is 6.07 Å². The van der Waals surface area contributed by atoms with Crippen LogP contribution in [0.4, 0.5) is 0 Å². The van der Waals surface area contributed by atoms with Gasteiger partial charge in [0.2, 0.25) is 0 Å². The van der Waals surface area contributed by atoms with E-state index in [-0.39, 0.29) is 6.10 Å². The molecule has 0 amide bonds. The standard InChI is InChI=1S/C11H14N2O2/c1-9(7-14-2)15-8-10-4-3-5-13-11(10)6-12/h3-5,9H,7-8H2,1-2H3. The van der Waals surface area contributed by atoms with Gasteiger partial charge in [-0.25, -0.2) is 4.98 Å². The highest BCUT2D eigenvalue weighted by atomic mass is 16.5. The maximum Gasteiger partial charge on any atom is 0.145 e. The quantitative estimate of drug-likeness (QED) is 0.732. The molecular formula is C11H14N2O2. The van der Waals surface area contributed by atoms with Crippen molar-refractivity contribution < 1.29 is 9.47 Å². The van der Waals surface area contributed by atoms with Gasteiger partial charge in [0.05, 0.1) is 19.3 Å². The third-order valence-corrected chi connectivity index (χ3v) is 1.92. The summed E-state index contributed by atoms with van der Waals surface area (Å²) in [5.41, 5.74) is 1.23. The molecule has 1 atom stereocenters. The summed E-state index contributed by atoms with van der Waals surface area (Å²) in [6.07, 6.45) is 1.61. The van der Waals surface area contributed by atoms with E-state index in [0.29, 0.717) is 18.9 Å². The Labute approximate surface area is 89.5 Å². The molecule has 0 N–H and O–H groups in total. The molecule has 0 spiro atoms. The number of ether oxygens (including phenoxy) is 2. The van der Waals surface area contributed by atoms with Crippen molar-refractivity contribution in [1.82, 2.24) is 4.98 Å². The van der Waals surface area contributed by atoms with E-state index in [9.17, 15) is 0 Å². The first-order valence-electron chi connectivity index (χ1n) is 4.72. The van der Waals surface area contributed by atoms with Crippen molar-refractivity contribution >= 4 is 0 Å². The fourth-order valence-electron chi connectivity index (χ4n) is 1.17. The number of nitriles is 1. The molecule has 1 aromatic rings. The van der Waals surface area contributed by atoms with Gasteiger partial charge in [0.1, 0.15) is 11.8 Å². The van der Waals surface area contributed by atoms with Crippen molar-refractivity contribution in [3.63, 3.8) is 0 Å². The molecule has 0 aliphatic rings. The van der Waals surface area contributed by atoms with Gasteiger partial charge >= 0.3 is 0 Å². The van der Waals surface area contributed by atoms with E-state index in [0.717, 1.165) is 5.56 Å². The van der Waals surface area contributed by atoms with Crippen molar-refractivity contribution in [2.75, 3.05) is 13.7 Å². The maximum absolute atomic E-state index is 8.79. The summed E-state index contributed by atoms with van der Waals surface area (Å²) in [4.78, 5) is 3.95. The number of rotatable bonds is 5. The summed E-state index contributed by atoms with van der Waals surface area (Å²) in [5.74, 6) is 0. The van der Waals surface area contributed by atoms with Gasteiger partial charge in [-0.3, -0.25) is 0 Å². The van der Waals surface area contributed by atoms with Gasteiger partial charge in [0.25, 0.3) is 0 Å². The molecule has 1 unspecified atom stereocenters. The SMILES string of the molecule is COCC(C)OCc1cccnc1C#N. The minimum Gasteiger partial charge on any atom is -0.382 e. The average Bonchev–Trinajstić information content (AvgIpc) is 2.27. The van der Waals surface area contributed by atoms with E-state index < -0.39 is 0 Å². The van der Waals surface area contributed by atoms with Crippen LogP contribution in [0.25, 0.3) is 0 Å². The van der Waals surface area contributed by atoms with Gasteiger partial charge in [-0.15, -0.1) is 0 Å². The molecule has 0 aliphatic carbocycles. The van der Waals surface area contributed by atoms with Crippen molar-refractivity contribution in [2.45, 2.75) is 19.6 Å². The van der Waals surface area contributed by atoms with Crippen LogP contribution < -0.4 is 0 Å². The first-order chi connectivity index (χ1) is 7.27. The summed E-state index contributed by atoms with van der Waals surface area (Å²) < 4.78 is 10.4. The molecule has 0 fully saturated rings. The Balaban J connectivity index is 2.54. The lowest BCUT2D eigenvalue weighted by Gasteiger charge is -2.11. The molecule has 15 heavy (non-hydrogen) atoms. The number of hydrogen-bond donors (Lipinski definition) is 0. The van der Waals surface area contributed by atoms with Crippen LogP contribution >= 0.6 is 0 Å². The van der Waals surface area contributed by atoms with Gasteiger partial charge in [0.15, 0.2) is 0 Å². The van der Waals surface area contributed by atoms with Crippen LogP contribution in [-0.2, 0) is 16.1 Å². The van der Waals surface area contributed by atoms with Gasteiger partial charge in [0, 0.05) is 18.9 Å². The molecule has 0 bridgehead atoms. The Kier molecular flexibility index (Phi) is 4.75. The van der Waals surface area contributed by atoms with Crippen LogP contribution in [0.5, 0.6) is 0 Å². The predicted molar refractivity (Wildman–Crippen MR) is 55.1 cm³/mol. The first kappa shape index (κ1) is 11.6. The Morgan fingerprint density at radius 2 is 2.40 bits per heavy atom. The van der Waals surface area contributed by atoms with Crippen LogP contribution in [0.2, 0.25) is 0 Å². The molecule has 80 valence electrons. The van der Waals surface area contributed by atoms with Crippen LogP contribution in [0.15, 0.2) is 18.3 Å². The molecule has 1 aromatic heterocycles. The monoisotopic (exact) mass is 206 g/mol. The van der Waals surface area contributed by atoms with Crippen molar-refractivity contribution in [1.29, 1.82) is 5.26 Å². The second kappa shape index (κ2) is 6.12. The Morgan fingerprint density at radius 1 is 1.60 bits per heavy atom. The maximum atomic E-state index is 8.79. The molecule has 4 heteroatoms. The zero-order chi connectivity index (χ0) is 11.1. The minimum atomic E-state index is 0.0155. The fraction of sp³-hybridized carbons (Fsp3) is 0.455. The van der Waals surface area contributed by atoms with Crippen LogP contribution in [-0.4, -0.2) is 24.8 Å². The lowest BCUT2D eigenvalue weighted by molar-refractivity contribution is -0.000298. The summed E-state index contributed by atoms with van der Waals surface area (Å²) in [6, 6.07) is 5.66. The molecule has 0 aromatic carbocycles. The van der Waals surface area contributed by atoms with Crippen molar-refractivity contribution in [3.05, 3.63) is 29.6 Å². The Hall–Kier alpha value is -1.44. The zero-order valence-corrected chi connectivity index (χ0v) is 8.93. The lowest BCUT2D eigenvalue weighted by Crippen LogP contribution is -2.15. The van der Waals surface area contributed by atoms with Crippen molar-refractivity contribution in [2.24, 2.45) is 0 Å². The summed E-state index contributed by atoms with van der Waals surface area (Å²) >= 11 is 0. The highest BCUT2D eigenvalue weighted by molar-refractivity contribution is 5.29. The topological polar surface area (TPSA) is 55.1 Å². The molecule has 0 radical (unpaired) electrons. The van der Waals surface area contributed by atoms with Gasteiger partial charge in [-0.05, 0) is 13.0 Å². The normalized spacial score (nSPS) is 12.1. The van der Waals surface area contributed by atoms with Gasteiger partial charge in [-0.1, -0.05) is 6.07 Å². The fourth-order valence-corrected chi connectivity index (χ4v) is 1.17. The molecular weight excluding hydrogens is 192 g/mol. The van der Waals surface area contributed by atoms with Gasteiger partial charge < -0.3 is 9.47 Å². The van der Waals surface area contributed by atoms with Crippen LogP contribution in [0.3, 0.4) is 0 Å². The number of methoxy groups -OCH3 is 1. The molecule has 4 nitrogen and oxygen atoms in total.